The molecule has 0 bridgehead atoms. The van der Waals surface area contributed by atoms with Crippen LogP contribution in [0, 0.1) is 11.6 Å². The number of hydrogen-bond acceptors (Lipinski definition) is 3. The van der Waals surface area contributed by atoms with Crippen molar-refractivity contribution in [2.45, 2.75) is 11.8 Å². The highest BCUT2D eigenvalue weighted by Gasteiger charge is 2.08. The van der Waals surface area contributed by atoms with Crippen LogP contribution in [0.25, 0.3) is 0 Å². The van der Waals surface area contributed by atoms with Crippen LogP contribution in [0.3, 0.4) is 0 Å². The topological polar surface area (TPSA) is 46.2 Å². The molecule has 3 nitrogen and oxygen atoms in total. The first-order valence-corrected chi connectivity index (χ1v) is 7.43. The lowest BCUT2D eigenvalue weighted by molar-refractivity contribution is -0.113. The molecule has 6 heteroatoms. The molecular formula is C16H13F2NO2S. The zero-order chi connectivity index (χ0) is 16.1. The monoisotopic (exact) mass is 321 g/mol. The number of carbonyl (C=O) groups excluding carboxylic acids is 2. The van der Waals surface area contributed by atoms with Crippen LogP contribution in [-0.2, 0) is 4.79 Å². The molecule has 2 rings (SSSR count). The summed E-state index contributed by atoms with van der Waals surface area (Å²) in [6.07, 6.45) is 0. The summed E-state index contributed by atoms with van der Waals surface area (Å²) in [6, 6.07) is 9.69. The molecule has 0 atom stereocenters. The Morgan fingerprint density at radius 1 is 1.09 bits per heavy atom. The number of Topliss-reactive ketones (excluding diaryl/α,β-unsaturated/α-hetero) is 1. The molecule has 114 valence electrons. The van der Waals surface area contributed by atoms with Gasteiger partial charge in [0.15, 0.2) is 5.78 Å². The molecular weight excluding hydrogens is 308 g/mol. The second-order valence-electron chi connectivity index (χ2n) is 4.55. The molecule has 0 saturated heterocycles. The molecule has 22 heavy (non-hydrogen) atoms. The van der Waals surface area contributed by atoms with Gasteiger partial charge in [0.05, 0.1) is 5.75 Å². The van der Waals surface area contributed by atoms with E-state index >= 15 is 0 Å². The molecule has 2 aromatic rings. The summed E-state index contributed by atoms with van der Waals surface area (Å²) in [5.41, 5.74) is 1.11. The highest BCUT2D eigenvalue weighted by atomic mass is 32.2. The molecule has 0 aromatic heterocycles. The van der Waals surface area contributed by atoms with E-state index in [2.05, 4.69) is 5.32 Å². The molecule has 0 saturated carbocycles. The molecule has 0 radical (unpaired) electrons. The average Bonchev–Trinajstić information content (AvgIpc) is 2.47. The first-order valence-electron chi connectivity index (χ1n) is 6.44. The van der Waals surface area contributed by atoms with Gasteiger partial charge >= 0.3 is 0 Å². The fourth-order valence-electron chi connectivity index (χ4n) is 1.72. The van der Waals surface area contributed by atoms with Crippen molar-refractivity contribution in [2.24, 2.45) is 0 Å². The second-order valence-corrected chi connectivity index (χ2v) is 5.56. The van der Waals surface area contributed by atoms with E-state index in [4.69, 9.17) is 0 Å². The second kappa shape index (κ2) is 7.17. The third-order valence-corrected chi connectivity index (χ3v) is 3.88. The van der Waals surface area contributed by atoms with Crippen molar-refractivity contribution < 1.29 is 18.4 Å². The van der Waals surface area contributed by atoms with Crippen molar-refractivity contribution in [3.8, 4) is 0 Å². The number of rotatable bonds is 5. The van der Waals surface area contributed by atoms with Gasteiger partial charge in [0.2, 0.25) is 5.91 Å². The quantitative estimate of drug-likeness (QED) is 0.671. The fourth-order valence-corrected chi connectivity index (χ4v) is 2.44. The minimum atomic E-state index is -0.691. The van der Waals surface area contributed by atoms with Gasteiger partial charge in [0, 0.05) is 22.2 Å². The Morgan fingerprint density at radius 2 is 1.77 bits per heavy atom. The lowest BCUT2D eigenvalue weighted by Crippen LogP contribution is -2.14. The molecule has 0 aliphatic carbocycles. The maximum absolute atomic E-state index is 13.4. The standard InChI is InChI=1S/C16H13F2NO2S/c1-10(20)11-2-5-13(6-3-11)19-16(21)9-22-15-7-4-12(17)8-14(15)18/h2-8H,9H2,1H3,(H,19,21). The summed E-state index contributed by atoms with van der Waals surface area (Å²) >= 11 is 0.983. The van der Waals surface area contributed by atoms with E-state index in [1.165, 1.54) is 13.0 Å². The SMILES string of the molecule is CC(=O)c1ccc(NC(=O)CSc2ccc(F)cc2F)cc1. The maximum Gasteiger partial charge on any atom is 0.234 e. The summed E-state index contributed by atoms with van der Waals surface area (Å²) < 4.78 is 26.2. The molecule has 2 aromatic carbocycles. The lowest BCUT2D eigenvalue weighted by atomic mass is 10.1. The van der Waals surface area contributed by atoms with Gasteiger partial charge in [-0.2, -0.15) is 0 Å². The Balaban J connectivity index is 1.91. The van der Waals surface area contributed by atoms with Crippen LogP contribution in [0.5, 0.6) is 0 Å². The first kappa shape index (κ1) is 16.2. The number of carbonyl (C=O) groups is 2. The van der Waals surface area contributed by atoms with Gasteiger partial charge in [-0.25, -0.2) is 8.78 Å². The molecule has 0 unspecified atom stereocenters. The number of thioether (sulfide) groups is 1. The fraction of sp³-hybridized carbons (Fsp3) is 0.125. The Hall–Kier alpha value is -2.21. The van der Waals surface area contributed by atoms with Crippen molar-refractivity contribution in [3.63, 3.8) is 0 Å². The first-order chi connectivity index (χ1) is 10.5. The van der Waals surface area contributed by atoms with Crippen molar-refractivity contribution in [1.82, 2.24) is 0 Å². The summed E-state index contributed by atoms with van der Waals surface area (Å²) in [5.74, 6) is -1.72. The third kappa shape index (κ3) is 4.39. The summed E-state index contributed by atoms with van der Waals surface area (Å²) in [4.78, 5) is 23.1. The van der Waals surface area contributed by atoms with E-state index in [0.717, 1.165) is 23.9 Å². The van der Waals surface area contributed by atoms with Crippen molar-refractivity contribution >= 4 is 29.1 Å². The molecule has 0 fully saturated rings. The van der Waals surface area contributed by atoms with Crippen LogP contribution < -0.4 is 5.32 Å². The molecule has 0 heterocycles. The van der Waals surface area contributed by atoms with Crippen molar-refractivity contribution in [2.75, 3.05) is 11.1 Å². The number of benzene rings is 2. The smallest absolute Gasteiger partial charge is 0.234 e. The van der Waals surface area contributed by atoms with Gasteiger partial charge in [-0.05, 0) is 43.3 Å². The Bertz CT molecular complexity index is 702. The maximum atomic E-state index is 13.4. The van der Waals surface area contributed by atoms with Gasteiger partial charge in [0.1, 0.15) is 11.6 Å². The zero-order valence-electron chi connectivity index (χ0n) is 11.7. The average molecular weight is 321 g/mol. The summed E-state index contributed by atoms with van der Waals surface area (Å²) in [6.45, 7) is 1.46. The number of hydrogen-bond donors (Lipinski definition) is 1. The number of halogens is 2. The van der Waals surface area contributed by atoms with E-state index < -0.39 is 11.6 Å². The van der Waals surface area contributed by atoms with E-state index in [-0.39, 0.29) is 22.3 Å². The van der Waals surface area contributed by atoms with Crippen LogP contribution in [-0.4, -0.2) is 17.4 Å². The normalized spacial score (nSPS) is 10.3. The molecule has 0 aliphatic heterocycles. The van der Waals surface area contributed by atoms with Gasteiger partial charge in [0.25, 0.3) is 0 Å². The molecule has 1 amide bonds. The van der Waals surface area contributed by atoms with Gasteiger partial charge in [-0.1, -0.05) is 0 Å². The highest BCUT2D eigenvalue weighted by molar-refractivity contribution is 8.00. The minimum absolute atomic E-state index is 0.00296. The number of anilines is 1. The van der Waals surface area contributed by atoms with E-state index in [1.807, 2.05) is 0 Å². The summed E-state index contributed by atoms with van der Waals surface area (Å²) in [5, 5.41) is 2.64. The van der Waals surface area contributed by atoms with Gasteiger partial charge in [-0.3, -0.25) is 9.59 Å². The minimum Gasteiger partial charge on any atom is -0.325 e. The van der Waals surface area contributed by atoms with Gasteiger partial charge in [-0.15, -0.1) is 11.8 Å². The van der Waals surface area contributed by atoms with Crippen LogP contribution in [0.2, 0.25) is 0 Å². The van der Waals surface area contributed by atoms with Crippen molar-refractivity contribution in [3.05, 3.63) is 59.7 Å². The van der Waals surface area contributed by atoms with Crippen LogP contribution in [0.15, 0.2) is 47.4 Å². The highest BCUT2D eigenvalue weighted by Crippen LogP contribution is 2.22. The van der Waals surface area contributed by atoms with Crippen LogP contribution in [0.1, 0.15) is 17.3 Å². The Morgan fingerprint density at radius 3 is 2.36 bits per heavy atom. The van der Waals surface area contributed by atoms with E-state index in [0.29, 0.717) is 11.3 Å². The molecule has 0 aliphatic rings. The van der Waals surface area contributed by atoms with Gasteiger partial charge < -0.3 is 5.32 Å². The lowest BCUT2D eigenvalue weighted by Gasteiger charge is -2.06. The number of nitrogens with one attached hydrogen (secondary N) is 1. The predicted molar refractivity (Wildman–Crippen MR) is 82.2 cm³/mol. The van der Waals surface area contributed by atoms with E-state index in [9.17, 15) is 18.4 Å². The predicted octanol–water partition coefficient (Wildman–Crippen LogP) is 3.90. The third-order valence-electron chi connectivity index (χ3n) is 2.83. The van der Waals surface area contributed by atoms with Crippen molar-refractivity contribution in [1.29, 1.82) is 0 Å². The molecule has 0 spiro atoms. The van der Waals surface area contributed by atoms with Crippen LogP contribution >= 0.6 is 11.8 Å². The number of ketones is 1. The Labute approximate surface area is 130 Å². The molecule has 1 N–H and O–H groups in total. The van der Waals surface area contributed by atoms with E-state index in [1.54, 1.807) is 24.3 Å². The number of amides is 1. The zero-order valence-corrected chi connectivity index (χ0v) is 12.5. The van der Waals surface area contributed by atoms with Crippen LogP contribution in [0.4, 0.5) is 14.5 Å². The largest absolute Gasteiger partial charge is 0.325 e. The Kier molecular flexibility index (Phi) is 5.27. The summed E-state index contributed by atoms with van der Waals surface area (Å²) in [7, 11) is 0.